The van der Waals surface area contributed by atoms with E-state index in [4.69, 9.17) is 4.74 Å². The van der Waals surface area contributed by atoms with Gasteiger partial charge in [0.2, 0.25) is 0 Å². The van der Waals surface area contributed by atoms with Crippen LogP contribution in [0, 0.1) is 5.92 Å². The predicted molar refractivity (Wildman–Crippen MR) is 88.9 cm³/mol. The number of carbonyl (C=O) groups is 3. The molecule has 0 saturated carbocycles. The Balaban J connectivity index is 4.86. The molecule has 0 aliphatic rings. The molecule has 0 aromatic carbocycles. The zero-order chi connectivity index (χ0) is 18.5. The lowest BCUT2D eigenvalue weighted by molar-refractivity contribution is -0.125. The Bertz CT molecular complexity index is 533. The zero-order valence-electron chi connectivity index (χ0n) is 14.5. The van der Waals surface area contributed by atoms with Gasteiger partial charge in [-0.1, -0.05) is 19.9 Å². The van der Waals surface area contributed by atoms with E-state index in [-0.39, 0.29) is 41.7 Å². The fourth-order valence-electron chi connectivity index (χ4n) is 1.76. The highest BCUT2D eigenvalue weighted by atomic mass is 16.5. The smallest absolute Gasteiger partial charge is 0.410 e. The molecular weight excluding hydrogens is 314 g/mol. The van der Waals surface area contributed by atoms with Crippen molar-refractivity contribution in [3.05, 3.63) is 35.4 Å². The van der Waals surface area contributed by atoms with Crippen molar-refractivity contribution in [1.29, 1.82) is 0 Å². The summed E-state index contributed by atoms with van der Waals surface area (Å²) >= 11 is 0. The molecule has 24 heavy (non-hydrogen) atoms. The van der Waals surface area contributed by atoms with Gasteiger partial charge >= 0.3 is 6.09 Å². The third-order valence-corrected chi connectivity index (χ3v) is 3.34. The summed E-state index contributed by atoms with van der Waals surface area (Å²) in [4.78, 5) is 33.1. The van der Waals surface area contributed by atoms with Crippen LogP contribution < -0.4 is 5.32 Å². The summed E-state index contributed by atoms with van der Waals surface area (Å²) in [6, 6.07) is 0. The molecule has 7 heteroatoms. The first-order valence-corrected chi connectivity index (χ1v) is 7.61. The number of ketones is 1. The molecular formula is C17H25NO6. The highest BCUT2D eigenvalue weighted by Gasteiger charge is 2.13. The summed E-state index contributed by atoms with van der Waals surface area (Å²) in [6.07, 6.45) is 5.40. The summed E-state index contributed by atoms with van der Waals surface area (Å²) in [5.41, 5.74) is 0.221. The number of rotatable bonds is 10. The highest BCUT2D eigenvalue weighted by molar-refractivity contribution is 5.95. The first kappa shape index (κ1) is 21.4. The van der Waals surface area contributed by atoms with E-state index in [9.17, 15) is 19.5 Å². The standard InChI is InChI=1S/C17H25NO6/c1-5-14(20)13(3)15(21)10-16(24-11-19)12(2)8-6-7-9-18-17(22)23-4/h7,9-12,21H,5-6,8H2,1-4H3,(H,18,22)/b9-7+,15-13-,16-10-. The average Bonchev–Trinajstić information content (AvgIpc) is 2.58. The summed E-state index contributed by atoms with van der Waals surface area (Å²) in [5.74, 6) is -0.308. The zero-order valence-corrected chi connectivity index (χ0v) is 14.5. The van der Waals surface area contributed by atoms with Gasteiger partial charge < -0.3 is 14.6 Å². The van der Waals surface area contributed by atoms with E-state index < -0.39 is 6.09 Å². The fraction of sp³-hybridized carbons (Fsp3) is 0.471. The predicted octanol–water partition coefficient (Wildman–Crippen LogP) is 3.14. The van der Waals surface area contributed by atoms with E-state index in [0.29, 0.717) is 12.8 Å². The second kappa shape index (κ2) is 11.9. The van der Waals surface area contributed by atoms with Crippen molar-refractivity contribution in [3.8, 4) is 0 Å². The van der Waals surface area contributed by atoms with Crippen LogP contribution in [0.4, 0.5) is 4.79 Å². The van der Waals surface area contributed by atoms with Gasteiger partial charge in [0, 0.05) is 30.2 Å². The number of aliphatic hydroxyl groups excluding tert-OH is 1. The monoisotopic (exact) mass is 339 g/mol. The first-order chi connectivity index (χ1) is 11.4. The van der Waals surface area contributed by atoms with Crippen LogP contribution in [0.3, 0.4) is 0 Å². The number of Topliss-reactive ketones (excluding diaryl/α,β-unsaturated/α-hetero) is 1. The van der Waals surface area contributed by atoms with Crippen LogP contribution in [-0.4, -0.2) is 30.6 Å². The maximum atomic E-state index is 11.6. The molecule has 0 aromatic rings. The maximum absolute atomic E-state index is 11.6. The number of alkyl carbamates (subject to hydrolysis) is 1. The lowest BCUT2D eigenvalue weighted by atomic mass is 10.0. The van der Waals surface area contributed by atoms with Crippen LogP contribution in [0.25, 0.3) is 0 Å². The fourth-order valence-corrected chi connectivity index (χ4v) is 1.76. The van der Waals surface area contributed by atoms with Crippen molar-refractivity contribution in [2.45, 2.75) is 40.0 Å². The third-order valence-electron chi connectivity index (χ3n) is 3.34. The van der Waals surface area contributed by atoms with Gasteiger partial charge in [-0.3, -0.25) is 14.9 Å². The quantitative estimate of drug-likeness (QED) is 0.274. The molecule has 0 aromatic heterocycles. The molecule has 0 heterocycles. The number of allylic oxidation sites excluding steroid dienone is 4. The van der Waals surface area contributed by atoms with E-state index >= 15 is 0 Å². The Morgan fingerprint density at radius 2 is 2.00 bits per heavy atom. The molecule has 0 radical (unpaired) electrons. The molecule has 7 nitrogen and oxygen atoms in total. The largest absolute Gasteiger partial charge is 0.507 e. The molecule has 1 amide bonds. The minimum atomic E-state index is -0.560. The Morgan fingerprint density at radius 1 is 1.33 bits per heavy atom. The molecule has 1 atom stereocenters. The minimum absolute atomic E-state index is 0.176. The molecule has 0 rings (SSSR count). The van der Waals surface area contributed by atoms with E-state index in [0.717, 1.165) is 0 Å². The van der Waals surface area contributed by atoms with Gasteiger partial charge in [-0.05, 0) is 19.8 Å². The van der Waals surface area contributed by atoms with Crippen LogP contribution in [-0.2, 0) is 19.1 Å². The van der Waals surface area contributed by atoms with Crippen molar-refractivity contribution < 1.29 is 29.0 Å². The SMILES string of the molecule is CCC(=O)/C(C)=C(O)/C=C(\OC=O)C(C)CC/C=C/NC(=O)OC. The summed E-state index contributed by atoms with van der Waals surface area (Å²) in [5, 5.41) is 12.4. The van der Waals surface area contributed by atoms with Gasteiger partial charge in [-0.25, -0.2) is 4.79 Å². The van der Waals surface area contributed by atoms with Crippen LogP contribution in [0.2, 0.25) is 0 Å². The second-order valence-corrected chi connectivity index (χ2v) is 5.06. The Labute approximate surface area is 142 Å². The van der Waals surface area contributed by atoms with E-state index in [1.807, 2.05) is 6.92 Å². The molecule has 0 aliphatic carbocycles. The number of carbonyl (C=O) groups excluding carboxylic acids is 3. The topological polar surface area (TPSA) is 102 Å². The molecule has 1 unspecified atom stereocenters. The van der Waals surface area contributed by atoms with Crippen molar-refractivity contribution in [2.24, 2.45) is 5.92 Å². The van der Waals surface area contributed by atoms with Gasteiger partial charge in [-0.15, -0.1) is 0 Å². The van der Waals surface area contributed by atoms with Crippen LogP contribution >= 0.6 is 0 Å². The molecule has 0 bridgehead atoms. The van der Waals surface area contributed by atoms with Crippen LogP contribution in [0.15, 0.2) is 35.4 Å². The lowest BCUT2D eigenvalue weighted by Crippen LogP contribution is -2.16. The van der Waals surface area contributed by atoms with Crippen LogP contribution in [0.5, 0.6) is 0 Å². The molecule has 0 aliphatic heterocycles. The van der Waals surface area contributed by atoms with Gasteiger partial charge in [-0.2, -0.15) is 0 Å². The number of hydrogen-bond donors (Lipinski definition) is 2. The molecule has 2 N–H and O–H groups in total. The number of methoxy groups -OCH3 is 1. The highest BCUT2D eigenvalue weighted by Crippen LogP contribution is 2.20. The molecule has 134 valence electrons. The molecule has 0 fully saturated rings. The number of hydrogen-bond acceptors (Lipinski definition) is 6. The second-order valence-electron chi connectivity index (χ2n) is 5.06. The number of nitrogens with one attached hydrogen (secondary N) is 1. The van der Waals surface area contributed by atoms with Crippen molar-refractivity contribution in [2.75, 3.05) is 7.11 Å². The van der Waals surface area contributed by atoms with E-state index in [1.54, 1.807) is 13.0 Å². The lowest BCUT2D eigenvalue weighted by Gasteiger charge is -2.13. The van der Waals surface area contributed by atoms with Gasteiger partial charge in [0.15, 0.2) is 5.78 Å². The van der Waals surface area contributed by atoms with Crippen LogP contribution in [0.1, 0.15) is 40.0 Å². The molecule has 0 saturated heterocycles. The van der Waals surface area contributed by atoms with Crippen molar-refractivity contribution >= 4 is 18.3 Å². The number of ether oxygens (including phenoxy) is 2. The summed E-state index contributed by atoms with van der Waals surface area (Å²) in [6.45, 7) is 5.31. The van der Waals surface area contributed by atoms with Gasteiger partial charge in [0.25, 0.3) is 6.47 Å². The normalized spacial score (nSPS) is 13.9. The molecule has 0 spiro atoms. The van der Waals surface area contributed by atoms with Gasteiger partial charge in [0.05, 0.1) is 7.11 Å². The third kappa shape index (κ3) is 8.17. The summed E-state index contributed by atoms with van der Waals surface area (Å²) < 4.78 is 9.32. The Kier molecular flexibility index (Phi) is 10.6. The number of aliphatic hydroxyl groups is 1. The van der Waals surface area contributed by atoms with Crippen molar-refractivity contribution in [1.82, 2.24) is 5.32 Å². The van der Waals surface area contributed by atoms with E-state index in [1.165, 1.54) is 26.3 Å². The summed E-state index contributed by atoms with van der Waals surface area (Å²) in [7, 11) is 1.27. The minimum Gasteiger partial charge on any atom is -0.507 e. The van der Waals surface area contributed by atoms with Gasteiger partial charge in [0.1, 0.15) is 11.5 Å². The average molecular weight is 339 g/mol. The van der Waals surface area contributed by atoms with E-state index in [2.05, 4.69) is 10.1 Å². The number of amides is 1. The van der Waals surface area contributed by atoms with Crippen molar-refractivity contribution in [3.63, 3.8) is 0 Å². The Morgan fingerprint density at radius 3 is 2.54 bits per heavy atom. The Hall–Kier alpha value is -2.57. The first-order valence-electron chi connectivity index (χ1n) is 7.61. The maximum Gasteiger partial charge on any atom is 0.410 e.